The Morgan fingerprint density at radius 1 is 0.419 bits per heavy atom. The smallest absolute Gasteiger partial charge is 0.0814 e. The number of hydrogen-bond donors (Lipinski definition) is 0. The largest absolute Gasteiger partial charge is 0.200 e. The summed E-state index contributed by atoms with van der Waals surface area (Å²) < 4.78 is 0. The molecule has 164 valence electrons. The van der Waals surface area contributed by atoms with E-state index >= 15 is 0 Å². The second-order valence-electron chi connectivity index (χ2n) is 9.25. The number of rotatable bonds is 14. The van der Waals surface area contributed by atoms with Gasteiger partial charge in [0.05, 0.1) is 6.15 Å². The molecule has 1 heteroatoms. The molecule has 0 aliphatic heterocycles. The summed E-state index contributed by atoms with van der Waals surface area (Å²) in [5.41, 5.74) is 4.41. The summed E-state index contributed by atoms with van der Waals surface area (Å²) in [5, 5.41) is 0. The van der Waals surface area contributed by atoms with Gasteiger partial charge in [-0.15, -0.1) is 0 Å². The average molecular weight is 411 g/mol. The van der Waals surface area contributed by atoms with Crippen molar-refractivity contribution in [3.8, 4) is 0 Å². The monoisotopic (exact) mass is 411 g/mol. The third kappa shape index (κ3) is 6.60. The molecule has 0 fully saturated rings. The lowest BCUT2D eigenvalue weighted by Gasteiger charge is -2.43. The van der Waals surface area contributed by atoms with E-state index in [1.807, 2.05) is 0 Å². The van der Waals surface area contributed by atoms with Gasteiger partial charge in [0.1, 0.15) is 0 Å². The molecule has 3 aromatic carbocycles. The Morgan fingerprint density at radius 2 is 0.742 bits per heavy atom. The van der Waals surface area contributed by atoms with Crippen LogP contribution in [0, 0.1) is 0 Å². The molecule has 0 nitrogen and oxygen atoms in total. The highest BCUT2D eigenvalue weighted by Gasteiger charge is 2.28. The van der Waals surface area contributed by atoms with Gasteiger partial charge in [-0.1, -0.05) is 162 Å². The van der Waals surface area contributed by atoms with Gasteiger partial charge in [0, 0.05) is 0 Å². The molecule has 0 amide bonds. The molecule has 0 aromatic heterocycles. The Hall–Kier alpha value is -2.28. The van der Waals surface area contributed by atoms with Gasteiger partial charge in [-0.3, -0.25) is 0 Å². The van der Waals surface area contributed by atoms with Crippen LogP contribution in [0.4, 0.5) is 0 Å². The average Bonchev–Trinajstić information content (AvgIpc) is 2.84. The first-order valence-electron chi connectivity index (χ1n) is 12.7. The van der Waals surface area contributed by atoms with Crippen LogP contribution < -0.4 is 16.4 Å². The molecule has 0 bridgehead atoms. The van der Waals surface area contributed by atoms with Gasteiger partial charge in [0.15, 0.2) is 0 Å². The number of benzene rings is 3. The lowest BCUT2D eigenvalue weighted by molar-refractivity contribution is 0.562. The lowest BCUT2D eigenvalue weighted by atomic mass is 9.14. The summed E-state index contributed by atoms with van der Waals surface area (Å²) in [6, 6.07) is 33.7. The molecule has 0 saturated heterocycles. The molecule has 0 aliphatic carbocycles. The van der Waals surface area contributed by atoms with E-state index in [9.17, 15) is 0 Å². The van der Waals surface area contributed by atoms with Crippen molar-refractivity contribution in [2.24, 2.45) is 0 Å². The fraction of sp³-hybridized carbons (Fsp3) is 0.400. The third-order valence-electron chi connectivity index (χ3n) is 7.10. The highest BCUT2D eigenvalue weighted by atomic mass is 14.1. The van der Waals surface area contributed by atoms with Crippen LogP contribution in [-0.4, -0.2) is 6.15 Å². The van der Waals surface area contributed by atoms with Crippen molar-refractivity contribution in [2.45, 2.75) is 77.5 Å². The van der Waals surface area contributed by atoms with Gasteiger partial charge < -0.3 is 0 Å². The van der Waals surface area contributed by atoms with E-state index in [2.05, 4.69) is 97.9 Å². The van der Waals surface area contributed by atoms with Crippen molar-refractivity contribution in [2.75, 3.05) is 0 Å². The first-order valence-corrected chi connectivity index (χ1v) is 12.7. The predicted octanol–water partition coefficient (Wildman–Crippen LogP) is 7.08. The molecule has 0 unspecified atom stereocenters. The van der Waals surface area contributed by atoms with Crippen LogP contribution in [0.3, 0.4) is 0 Å². The Balaban J connectivity index is 1.70. The van der Waals surface area contributed by atoms with Crippen molar-refractivity contribution < 1.29 is 0 Å². The lowest BCUT2D eigenvalue weighted by Crippen LogP contribution is -2.66. The maximum absolute atomic E-state index is 2.34. The first-order chi connectivity index (χ1) is 15.4. The second kappa shape index (κ2) is 13.2. The standard InChI is InChI=1S/C30H40B/c1-2-3-4-5-6-7-8-9-10-20-27-31(28-21-14-11-15-22-28,29-23-16-12-17-24-29)30-25-18-13-19-26-30/h11-19,21-26H,2-10,20,27H2,1H3/q-1. The third-order valence-corrected chi connectivity index (χ3v) is 7.10. The van der Waals surface area contributed by atoms with Crippen LogP contribution in [0.5, 0.6) is 0 Å². The van der Waals surface area contributed by atoms with Crippen LogP contribution in [0.2, 0.25) is 6.32 Å². The van der Waals surface area contributed by atoms with E-state index in [1.54, 1.807) is 0 Å². The Labute approximate surface area is 191 Å². The van der Waals surface area contributed by atoms with E-state index < -0.39 is 6.15 Å². The fourth-order valence-corrected chi connectivity index (χ4v) is 5.36. The van der Waals surface area contributed by atoms with Crippen molar-refractivity contribution in [3.05, 3.63) is 91.0 Å². The van der Waals surface area contributed by atoms with Crippen LogP contribution in [-0.2, 0) is 0 Å². The Bertz CT molecular complexity index is 729. The summed E-state index contributed by atoms with van der Waals surface area (Å²) in [6.07, 6.45) is 14.1. The van der Waals surface area contributed by atoms with E-state index in [4.69, 9.17) is 0 Å². The molecule has 0 saturated carbocycles. The van der Waals surface area contributed by atoms with E-state index in [0.29, 0.717) is 0 Å². The predicted molar refractivity (Wildman–Crippen MR) is 141 cm³/mol. The molecule has 3 aromatic rings. The zero-order valence-electron chi connectivity index (χ0n) is 19.5. The van der Waals surface area contributed by atoms with Crippen LogP contribution in [0.25, 0.3) is 0 Å². The highest BCUT2D eigenvalue weighted by molar-refractivity contribution is 7.11. The molecule has 0 radical (unpaired) electrons. The molecule has 3 rings (SSSR count). The van der Waals surface area contributed by atoms with Crippen molar-refractivity contribution >= 4 is 22.5 Å². The molecule has 0 heterocycles. The van der Waals surface area contributed by atoms with E-state index in [0.717, 1.165) is 0 Å². The summed E-state index contributed by atoms with van der Waals surface area (Å²) in [6.45, 7) is 2.29. The fourth-order valence-electron chi connectivity index (χ4n) is 5.36. The van der Waals surface area contributed by atoms with Gasteiger partial charge in [0.2, 0.25) is 0 Å². The SMILES string of the molecule is CCCCCCCCCCCC[B-](c1ccccc1)(c1ccccc1)c1ccccc1. The van der Waals surface area contributed by atoms with E-state index in [1.165, 1.54) is 86.9 Å². The molecule has 0 aliphatic rings. The van der Waals surface area contributed by atoms with Gasteiger partial charge in [-0.25, -0.2) is 0 Å². The molecular weight excluding hydrogens is 371 g/mol. The molecular formula is C30H40B-. The minimum absolute atomic E-state index is 0.950. The normalized spacial score (nSPS) is 11.5. The maximum Gasteiger partial charge on any atom is 0.0814 e. The van der Waals surface area contributed by atoms with Crippen LogP contribution in [0.1, 0.15) is 71.1 Å². The zero-order chi connectivity index (χ0) is 21.6. The molecule has 0 N–H and O–H groups in total. The minimum atomic E-state index is -0.950. The van der Waals surface area contributed by atoms with Crippen LogP contribution in [0.15, 0.2) is 91.0 Å². The molecule has 0 atom stereocenters. The molecule has 0 spiro atoms. The first kappa shape index (κ1) is 23.4. The van der Waals surface area contributed by atoms with Crippen molar-refractivity contribution in [3.63, 3.8) is 0 Å². The van der Waals surface area contributed by atoms with E-state index in [-0.39, 0.29) is 0 Å². The zero-order valence-corrected chi connectivity index (χ0v) is 19.5. The summed E-state index contributed by atoms with van der Waals surface area (Å²) in [7, 11) is 0. The van der Waals surface area contributed by atoms with Gasteiger partial charge in [-0.05, 0) is 0 Å². The highest BCUT2D eigenvalue weighted by Crippen LogP contribution is 2.19. The van der Waals surface area contributed by atoms with Gasteiger partial charge >= 0.3 is 0 Å². The second-order valence-corrected chi connectivity index (χ2v) is 9.25. The Kier molecular flexibility index (Phi) is 9.96. The number of unbranched alkanes of at least 4 members (excludes halogenated alkanes) is 9. The molecule has 31 heavy (non-hydrogen) atoms. The minimum Gasteiger partial charge on any atom is -0.200 e. The van der Waals surface area contributed by atoms with Gasteiger partial charge in [-0.2, -0.15) is 22.7 Å². The topological polar surface area (TPSA) is 0 Å². The number of hydrogen-bond acceptors (Lipinski definition) is 0. The summed E-state index contributed by atoms with van der Waals surface area (Å²) >= 11 is 0. The van der Waals surface area contributed by atoms with Crippen LogP contribution >= 0.6 is 0 Å². The van der Waals surface area contributed by atoms with Gasteiger partial charge in [0.25, 0.3) is 0 Å². The van der Waals surface area contributed by atoms with Crippen molar-refractivity contribution in [1.82, 2.24) is 0 Å². The quantitative estimate of drug-likeness (QED) is 0.196. The van der Waals surface area contributed by atoms with Crippen molar-refractivity contribution in [1.29, 1.82) is 0 Å². The Morgan fingerprint density at radius 3 is 1.10 bits per heavy atom. The summed E-state index contributed by atoms with van der Waals surface area (Å²) in [4.78, 5) is 0. The summed E-state index contributed by atoms with van der Waals surface area (Å²) in [5.74, 6) is 0. The maximum atomic E-state index is 2.34.